The lowest BCUT2D eigenvalue weighted by molar-refractivity contribution is 0.601. The van der Waals surface area contributed by atoms with Crippen LogP contribution in [0.1, 0.15) is 25.0 Å². The average molecular weight is 371 g/mol. The van der Waals surface area contributed by atoms with Gasteiger partial charge >= 0.3 is 0 Å². The number of anilines is 2. The second-order valence-electron chi connectivity index (χ2n) is 6.09. The van der Waals surface area contributed by atoms with Crippen LogP contribution in [-0.4, -0.2) is 0 Å². The predicted octanol–water partition coefficient (Wildman–Crippen LogP) is 6.96. The van der Waals surface area contributed by atoms with Gasteiger partial charge in [-0.3, -0.25) is 4.79 Å². The molecule has 1 N–H and O–H groups in total. The highest BCUT2D eigenvalue weighted by atomic mass is 16.3. The van der Waals surface area contributed by atoms with E-state index in [-0.39, 0.29) is 5.43 Å². The van der Waals surface area contributed by atoms with E-state index >= 15 is 0 Å². The van der Waals surface area contributed by atoms with E-state index in [1.807, 2.05) is 56.3 Å². The summed E-state index contributed by atoms with van der Waals surface area (Å²) in [5.74, 6) is 0. The van der Waals surface area contributed by atoms with E-state index in [1.165, 1.54) is 6.26 Å². The Balaban J connectivity index is 0.00000136. The maximum atomic E-state index is 12.7. The first-order valence-corrected chi connectivity index (χ1v) is 8.91. The van der Waals surface area contributed by atoms with E-state index < -0.39 is 0 Å². The summed E-state index contributed by atoms with van der Waals surface area (Å²) >= 11 is 0. The summed E-state index contributed by atoms with van der Waals surface area (Å²) in [4.78, 5) is 12.7. The molecular weight excluding hydrogens is 346 g/mol. The number of rotatable bonds is 5. The van der Waals surface area contributed by atoms with Crippen LogP contribution in [0, 0.1) is 0 Å². The molecule has 0 saturated carbocycles. The van der Waals surface area contributed by atoms with Crippen LogP contribution in [-0.2, 0) is 0 Å². The molecule has 0 aliphatic heterocycles. The van der Waals surface area contributed by atoms with E-state index in [4.69, 9.17) is 4.42 Å². The number of nitrogens with one attached hydrogen (secondary N) is 1. The first-order chi connectivity index (χ1) is 13.5. The van der Waals surface area contributed by atoms with Crippen LogP contribution in [0.25, 0.3) is 22.1 Å². The molecule has 0 saturated heterocycles. The Kier molecular flexibility index (Phi) is 6.94. The van der Waals surface area contributed by atoms with Gasteiger partial charge in [-0.15, -0.1) is 13.2 Å². The Morgan fingerprint density at radius 2 is 1.82 bits per heavy atom. The summed E-state index contributed by atoms with van der Waals surface area (Å²) in [6.07, 6.45) is 4.99. The van der Waals surface area contributed by atoms with E-state index in [1.54, 1.807) is 12.1 Å². The highest BCUT2D eigenvalue weighted by Crippen LogP contribution is 2.27. The molecule has 2 aromatic carbocycles. The van der Waals surface area contributed by atoms with Crippen molar-refractivity contribution >= 4 is 33.5 Å². The Labute approximate surface area is 166 Å². The van der Waals surface area contributed by atoms with Gasteiger partial charge in [-0.25, -0.2) is 0 Å². The van der Waals surface area contributed by atoms with E-state index in [0.29, 0.717) is 16.5 Å². The lowest BCUT2D eigenvalue weighted by atomic mass is 10.0. The largest absolute Gasteiger partial charge is 0.463 e. The monoisotopic (exact) mass is 371 g/mol. The summed E-state index contributed by atoms with van der Waals surface area (Å²) in [7, 11) is 0. The first kappa shape index (κ1) is 20.7. The Morgan fingerprint density at radius 3 is 2.46 bits per heavy atom. The van der Waals surface area contributed by atoms with Crippen molar-refractivity contribution in [3.05, 3.63) is 109 Å². The smallest absolute Gasteiger partial charge is 0.200 e. The van der Waals surface area contributed by atoms with Crippen LogP contribution in [0.4, 0.5) is 11.4 Å². The third-order valence-electron chi connectivity index (χ3n) is 4.28. The van der Waals surface area contributed by atoms with Crippen molar-refractivity contribution in [2.45, 2.75) is 13.8 Å². The highest BCUT2D eigenvalue weighted by molar-refractivity contribution is 5.86. The minimum atomic E-state index is -0.0619. The highest BCUT2D eigenvalue weighted by Gasteiger charge is 2.10. The summed E-state index contributed by atoms with van der Waals surface area (Å²) in [5, 5.41) is 3.92. The molecule has 1 aromatic heterocycles. The average Bonchev–Trinajstić information content (AvgIpc) is 2.72. The zero-order chi connectivity index (χ0) is 20.7. The number of para-hydroxylation sites is 1. The van der Waals surface area contributed by atoms with Gasteiger partial charge < -0.3 is 9.73 Å². The molecule has 0 aliphatic carbocycles. The molecule has 0 unspecified atom stereocenters. The molecule has 0 spiro atoms. The van der Waals surface area contributed by atoms with E-state index in [9.17, 15) is 4.79 Å². The minimum absolute atomic E-state index is 0.0619. The fourth-order valence-corrected chi connectivity index (χ4v) is 2.91. The number of hydrogen-bond donors (Lipinski definition) is 1. The van der Waals surface area contributed by atoms with Crippen LogP contribution in [0.5, 0.6) is 0 Å². The summed E-state index contributed by atoms with van der Waals surface area (Å²) in [6.45, 7) is 17.6. The van der Waals surface area contributed by atoms with Crippen molar-refractivity contribution in [3.63, 3.8) is 0 Å². The third-order valence-corrected chi connectivity index (χ3v) is 4.28. The number of fused-ring (bicyclic) bond motifs is 1. The summed E-state index contributed by atoms with van der Waals surface area (Å²) < 4.78 is 5.72. The molecule has 0 aliphatic rings. The van der Waals surface area contributed by atoms with Crippen molar-refractivity contribution in [1.82, 2.24) is 0 Å². The molecule has 0 amide bonds. The van der Waals surface area contributed by atoms with E-state index in [2.05, 4.69) is 31.6 Å². The van der Waals surface area contributed by atoms with Crippen LogP contribution in [0.15, 0.2) is 96.4 Å². The zero-order valence-corrected chi connectivity index (χ0v) is 16.4. The molecule has 0 bridgehead atoms. The maximum absolute atomic E-state index is 12.7. The van der Waals surface area contributed by atoms with Gasteiger partial charge in [-0.1, -0.05) is 43.5 Å². The molecular formula is C25H25NO2. The van der Waals surface area contributed by atoms with Crippen LogP contribution in [0.2, 0.25) is 0 Å². The van der Waals surface area contributed by atoms with E-state index in [0.717, 1.165) is 28.1 Å². The number of hydrogen-bond acceptors (Lipinski definition) is 3. The molecule has 28 heavy (non-hydrogen) atoms. The van der Waals surface area contributed by atoms with Crippen molar-refractivity contribution in [1.29, 1.82) is 0 Å². The minimum Gasteiger partial charge on any atom is -0.463 e. The third kappa shape index (κ3) is 4.21. The van der Waals surface area contributed by atoms with Crippen molar-refractivity contribution in [2.75, 3.05) is 5.32 Å². The fourth-order valence-electron chi connectivity index (χ4n) is 2.91. The summed E-state index contributed by atoms with van der Waals surface area (Å²) in [5.41, 5.74) is 5.59. The lowest BCUT2D eigenvalue weighted by Gasteiger charge is -2.12. The van der Waals surface area contributed by atoms with Crippen LogP contribution >= 0.6 is 0 Å². The lowest BCUT2D eigenvalue weighted by Crippen LogP contribution is -2.07. The second kappa shape index (κ2) is 9.38. The number of allylic oxidation sites excluding steroid dienone is 4. The first-order valence-electron chi connectivity index (χ1n) is 8.91. The van der Waals surface area contributed by atoms with Crippen molar-refractivity contribution < 1.29 is 4.42 Å². The SMILES string of the molecule is C=C.C=C/C(=C\C)c1coc2cc(Nc3ccccc3C(=C)C)ccc2c1=O. The topological polar surface area (TPSA) is 42.2 Å². The Hall–Kier alpha value is -3.59. The molecule has 3 aromatic rings. The molecule has 0 radical (unpaired) electrons. The van der Waals surface area contributed by atoms with Gasteiger partial charge in [0.15, 0.2) is 5.43 Å². The maximum Gasteiger partial charge on any atom is 0.200 e. The standard InChI is InChI=1S/C23H21NO2.C2H4/c1-5-16(6-2)20-14-26-22-13-17(11-12-19(22)23(20)25)24-21-10-8-7-9-18(21)15(3)4;1-2/h5-14,24H,1,3H2,2,4H3;1-2H2/b16-6+;. The second-order valence-corrected chi connectivity index (χ2v) is 6.09. The van der Waals surface area contributed by atoms with Crippen molar-refractivity contribution in [3.8, 4) is 0 Å². The molecule has 0 fully saturated rings. The normalized spacial score (nSPS) is 10.7. The van der Waals surface area contributed by atoms with Gasteiger partial charge in [0.05, 0.1) is 10.9 Å². The van der Waals surface area contributed by atoms with Gasteiger partial charge in [0.2, 0.25) is 0 Å². The zero-order valence-electron chi connectivity index (χ0n) is 16.4. The fraction of sp³-hybridized carbons (Fsp3) is 0.0800. The van der Waals surface area contributed by atoms with Gasteiger partial charge in [-0.2, -0.15) is 0 Å². The van der Waals surface area contributed by atoms with Gasteiger partial charge in [0.1, 0.15) is 11.8 Å². The van der Waals surface area contributed by atoms with Crippen molar-refractivity contribution in [2.24, 2.45) is 0 Å². The van der Waals surface area contributed by atoms with Gasteiger partial charge in [-0.05, 0) is 43.2 Å². The van der Waals surface area contributed by atoms with Crippen LogP contribution in [0.3, 0.4) is 0 Å². The Bertz CT molecular complexity index is 1100. The van der Waals surface area contributed by atoms with Gasteiger partial charge in [0, 0.05) is 23.0 Å². The predicted molar refractivity (Wildman–Crippen MR) is 122 cm³/mol. The number of benzene rings is 2. The molecule has 0 atom stereocenters. The molecule has 3 nitrogen and oxygen atoms in total. The Morgan fingerprint density at radius 1 is 1.11 bits per heavy atom. The molecule has 3 rings (SSSR count). The molecule has 3 heteroatoms. The molecule has 1 heterocycles. The van der Waals surface area contributed by atoms with Crippen LogP contribution < -0.4 is 10.7 Å². The quantitative estimate of drug-likeness (QED) is 0.389. The molecule has 142 valence electrons. The summed E-state index contributed by atoms with van der Waals surface area (Å²) in [6, 6.07) is 13.5. The van der Waals surface area contributed by atoms with Gasteiger partial charge in [0.25, 0.3) is 0 Å².